The lowest BCUT2D eigenvalue weighted by Gasteiger charge is -2.02. The van der Waals surface area contributed by atoms with Crippen molar-refractivity contribution in [2.45, 2.75) is 6.42 Å². The molecule has 16 heavy (non-hydrogen) atoms. The van der Waals surface area contributed by atoms with Crippen LogP contribution in [0.5, 0.6) is 0 Å². The van der Waals surface area contributed by atoms with Gasteiger partial charge in [-0.15, -0.1) is 0 Å². The van der Waals surface area contributed by atoms with Crippen molar-refractivity contribution >= 4 is 21.7 Å². The molecule has 0 spiro atoms. The molecule has 0 unspecified atom stereocenters. The Hall–Kier alpha value is -1.72. The van der Waals surface area contributed by atoms with Crippen molar-refractivity contribution in [1.82, 2.24) is 0 Å². The predicted octanol–water partition coefficient (Wildman–Crippen LogP) is 2.82. The molecule has 0 fully saturated rings. The Morgan fingerprint density at radius 1 is 1.44 bits per heavy atom. The second-order valence-corrected chi connectivity index (χ2v) is 3.92. The minimum atomic E-state index is -0.962. The summed E-state index contributed by atoms with van der Waals surface area (Å²) in [4.78, 5) is 11.6. The number of hydrogen-bond acceptors (Lipinski definition) is 3. The largest absolute Gasteiger partial charge is 0.294 e. The summed E-state index contributed by atoms with van der Waals surface area (Å²) < 4.78 is 13.1. The van der Waals surface area contributed by atoms with Crippen LogP contribution in [0.3, 0.4) is 0 Å². The van der Waals surface area contributed by atoms with Gasteiger partial charge in [0, 0.05) is 12.0 Å². The molecule has 1 rings (SSSR count). The minimum absolute atomic E-state index is 0.176. The highest BCUT2D eigenvalue weighted by Crippen LogP contribution is 2.18. The molecule has 0 N–H and O–H groups in total. The smallest absolute Gasteiger partial charge is 0.165 e. The molecule has 0 saturated carbocycles. The first-order valence-electron chi connectivity index (χ1n) is 4.36. The Morgan fingerprint density at radius 2 is 2.06 bits per heavy atom. The molecule has 1 aromatic carbocycles. The highest BCUT2D eigenvalue weighted by molar-refractivity contribution is 9.10. The van der Waals surface area contributed by atoms with Gasteiger partial charge in [-0.05, 0) is 34.1 Å². The molecule has 5 heteroatoms. The third-order valence-corrected chi connectivity index (χ3v) is 2.55. The second kappa shape index (κ2) is 5.39. The van der Waals surface area contributed by atoms with Gasteiger partial charge in [0.2, 0.25) is 0 Å². The summed E-state index contributed by atoms with van der Waals surface area (Å²) in [5.41, 5.74) is 0.281. The maximum absolute atomic E-state index is 12.9. The molecular formula is C11H6BrFN2O. The van der Waals surface area contributed by atoms with Crippen LogP contribution in [0.1, 0.15) is 16.8 Å². The summed E-state index contributed by atoms with van der Waals surface area (Å²) in [5, 5.41) is 17.1. The average molecular weight is 281 g/mol. The van der Waals surface area contributed by atoms with Crippen LogP contribution in [-0.4, -0.2) is 5.78 Å². The van der Waals surface area contributed by atoms with Crippen molar-refractivity contribution in [3.63, 3.8) is 0 Å². The monoisotopic (exact) mass is 280 g/mol. The lowest BCUT2D eigenvalue weighted by atomic mass is 10.0. The minimum Gasteiger partial charge on any atom is -0.294 e. The summed E-state index contributed by atoms with van der Waals surface area (Å²) >= 11 is 2.96. The Balaban J connectivity index is 2.87. The molecular weight excluding hydrogens is 275 g/mol. The third kappa shape index (κ3) is 2.88. The Kier molecular flexibility index (Phi) is 4.16. The first kappa shape index (κ1) is 12.4. The Bertz CT molecular complexity index is 488. The maximum Gasteiger partial charge on any atom is 0.165 e. The van der Waals surface area contributed by atoms with Crippen molar-refractivity contribution in [3.05, 3.63) is 34.1 Å². The molecule has 0 aromatic heterocycles. The van der Waals surface area contributed by atoms with Gasteiger partial charge in [-0.2, -0.15) is 10.5 Å². The van der Waals surface area contributed by atoms with Gasteiger partial charge in [-0.25, -0.2) is 4.39 Å². The van der Waals surface area contributed by atoms with E-state index in [2.05, 4.69) is 15.9 Å². The number of rotatable bonds is 3. The van der Waals surface area contributed by atoms with E-state index in [-0.39, 0.29) is 22.2 Å². The molecule has 0 atom stereocenters. The number of ketones is 1. The SMILES string of the molecule is N#CC(C#N)CC(=O)c1ccc(F)c(Br)c1. The van der Waals surface area contributed by atoms with Crippen LogP contribution in [0.4, 0.5) is 4.39 Å². The number of nitriles is 2. The molecule has 0 aliphatic heterocycles. The van der Waals surface area contributed by atoms with E-state index in [1.807, 2.05) is 0 Å². The fourth-order valence-electron chi connectivity index (χ4n) is 1.09. The van der Waals surface area contributed by atoms with E-state index in [0.717, 1.165) is 6.07 Å². The van der Waals surface area contributed by atoms with Crippen LogP contribution in [0.2, 0.25) is 0 Å². The van der Waals surface area contributed by atoms with Gasteiger partial charge in [0.05, 0.1) is 16.6 Å². The van der Waals surface area contributed by atoms with Gasteiger partial charge in [-0.3, -0.25) is 4.79 Å². The molecule has 1 aromatic rings. The zero-order valence-corrected chi connectivity index (χ0v) is 9.66. The summed E-state index contributed by atoms with van der Waals surface area (Å²) in [6, 6.07) is 7.24. The van der Waals surface area contributed by atoms with Crippen LogP contribution in [-0.2, 0) is 0 Å². The average Bonchev–Trinajstić information content (AvgIpc) is 2.29. The summed E-state index contributed by atoms with van der Waals surface area (Å²) in [5.74, 6) is -1.78. The van der Waals surface area contributed by atoms with Crippen molar-refractivity contribution < 1.29 is 9.18 Å². The normalized spacial score (nSPS) is 9.56. The second-order valence-electron chi connectivity index (χ2n) is 3.07. The Morgan fingerprint density at radius 3 is 2.56 bits per heavy atom. The summed E-state index contributed by atoms with van der Waals surface area (Å²) in [7, 11) is 0. The van der Waals surface area contributed by atoms with E-state index in [1.165, 1.54) is 12.1 Å². The van der Waals surface area contributed by atoms with E-state index in [0.29, 0.717) is 0 Å². The topological polar surface area (TPSA) is 64.7 Å². The van der Waals surface area contributed by atoms with Crippen LogP contribution in [0.15, 0.2) is 22.7 Å². The van der Waals surface area contributed by atoms with E-state index in [1.54, 1.807) is 12.1 Å². The first-order chi connectivity index (χ1) is 7.58. The van der Waals surface area contributed by atoms with Crippen LogP contribution in [0, 0.1) is 34.4 Å². The fraction of sp³-hybridized carbons (Fsp3) is 0.182. The molecule has 3 nitrogen and oxygen atoms in total. The summed E-state index contributed by atoms with van der Waals surface area (Å²) in [6.45, 7) is 0. The number of nitrogens with zero attached hydrogens (tertiary/aromatic N) is 2. The zero-order valence-electron chi connectivity index (χ0n) is 8.08. The summed E-state index contributed by atoms with van der Waals surface area (Å²) in [6.07, 6.45) is -0.176. The van der Waals surface area contributed by atoms with Gasteiger partial charge in [-0.1, -0.05) is 0 Å². The first-order valence-corrected chi connectivity index (χ1v) is 5.15. The molecule has 80 valence electrons. The number of Topliss-reactive ketones (excluding diaryl/α,β-unsaturated/α-hetero) is 1. The van der Waals surface area contributed by atoms with Gasteiger partial charge in [0.25, 0.3) is 0 Å². The highest BCUT2D eigenvalue weighted by Gasteiger charge is 2.15. The molecule has 0 radical (unpaired) electrons. The highest BCUT2D eigenvalue weighted by atomic mass is 79.9. The molecule has 0 aliphatic carbocycles. The maximum atomic E-state index is 12.9. The number of halogens is 2. The third-order valence-electron chi connectivity index (χ3n) is 1.94. The predicted molar refractivity (Wildman–Crippen MR) is 57.8 cm³/mol. The van der Waals surface area contributed by atoms with Crippen molar-refractivity contribution in [2.75, 3.05) is 0 Å². The zero-order chi connectivity index (χ0) is 12.1. The standard InChI is InChI=1S/C11H6BrFN2O/c12-9-4-8(1-2-10(9)13)11(16)3-7(5-14)6-15/h1-2,4,7H,3H2. The molecule has 0 saturated heterocycles. The van der Waals surface area contributed by atoms with E-state index < -0.39 is 11.7 Å². The van der Waals surface area contributed by atoms with Gasteiger partial charge in [0.1, 0.15) is 11.7 Å². The van der Waals surface area contributed by atoms with Crippen LogP contribution < -0.4 is 0 Å². The van der Waals surface area contributed by atoms with Crippen molar-refractivity contribution in [3.8, 4) is 12.1 Å². The van der Waals surface area contributed by atoms with Crippen molar-refractivity contribution in [1.29, 1.82) is 10.5 Å². The Labute approximate surface area is 100 Å². The number of benzene rings is 1. The lowest BCUT2D eigenvalue weighted by molar-refractivity contribution is 0.0976. The number of carbonyl (C=O) groups excluding carboxylic acids is 1. The number of hydrogen-bond donors (Lipinski definition) is 0. The van der Waals surface area contributed by atoms with E-state index in [9.17, 15) is 9.18 Å². The molecule has 0 aliphatic rings. The van der Waals surface area contributed by atoms with Gasteiger partial charge < -0.3 is 0 Å². The van der Waals surface area contributed by atoms with Gasteiger partial charge >= 0.3 is 0 Å². The van der Waals surface area contributed by atoms with E-state index in [4.69, 9.17) is 10.5 Å². The number of carbonyl (C=O) groups is 1. The molecule has 0 amide bonds. The fourth-order valence-corrected chi connectivity index (χ4v) is 1.47. The van der Waals surface area contributed by atoms with E-state index >= 15 is 0 Å². The van der Waals surface area contributed by atoms with Crippen LogP contribution >= 0.6 is 15.9 Å². The molecule has 0 heterocycles. The quantitative estimate of drug-likeness (QED) is 0.800. The molecule has 0 bridgehead atoms. The van der Waals surface area contributed by atoms with Gasteiger partial charge in [0.15, 0.2) is 5.78 Å². The van der Waals surface area contributed by atoms with Crippen LogP contribution in [0.25, 0.3) is 0 Å². The lowest BCUT2D eigenvalue weighted by Crippen LogP contribution is -2.06. The van der Waals surface area contributed by atoms with Crippen molar-refractivity contribution in [2.24, 2.45) is 5.92 Å².